The van der Waals surface area contributed by atoms with Crippen LogP contribution >= 0.6 is 0 Å². The summed E-state index contributed by atoms with van der Waals surface area (Å²) in [6.07, 6.45) is 92.1. The van der Waals surface area contributed by atoms with Crippen LogP contribution in [0.5, 0.6) is 0 Å². The molecule has 0 amide bonds. The van der Waals surface area contributed by atoms with Gasteiger partial charge in [0, 0.05) is 19.3 Å². The van der Waals surface area contributed by atoms with Gasteiger partial charge in [0.05, 0.1) is 0 Å². The lowest BCUT2D eigenvalue weighted by Crippen LogP contribution is -2.30. The summed E-state index contributed by atoms with van der Waals surface area (Å²) in [5.74, 6) is -0.852. The zero-order valence-electron chi connectivity index (χ0n) is 54.8. The molecule has 0 aliphatic heterocycles. The molecule has 0 saturated carbocycles. The highest BCUT2D eigenvalue weighted by Crippen LogP contribution is 2.18. The largest absolute Gasteiger partial charge is 0.462 e. The number of ether oxygens (including phenoxy) is 3. The van der Waals surface area contributed by atoms with Crippen LogP contribution in [0.2, 0.25) is 0 Å². The van der Waals surface area contributed by atoms with Crippen molar-refractivity contribution in [1.82, 2.24) is 0 Å². The zero-order chi connectivity index (χ0) is 59.2. The van der Waals surface area contributed by atoms with E-state index in [1.54, 1.807) is 0 Å². The Balaban J connectivity index is 4.32. The Morgan fingerprint density at radius 1 is 0.256 bits per heavy atom. The smallest absolute Gasteiger partial charge is 0.306 e. The number of esters is 3. The average molecular weight is 1150 g/mol. The standard InChI is InChI=1S/C76H136O6/c1-4-7-10-13-16-19-22-25-28-31-34-35-36-37-38-39-40-41-43-45-48-51-54-57-60-63-66-69-75(78)81-72-73(71-80-74(77)68-65-62-59-56-53-50-47-44-33-30-27-24-21-18-15-12-9-6-3)82-76(79)70-67-64-61-58-55-52-49-46-42-32-29-26-23-20-17-14-11-8-5-2/h7,10,16,19,25-26,28-29,34-35,37-38,73H,4-6,8-9,11-15,17-18,20-24,27,30-33,36,39-72H2,1-3H3/b10-7-,19-16-,28-25-,29-26-,35-34-,38-37-. The molecule has 0 aliphatic carbocycles. The summed E-state index contributed by atoms with van der Waals surface area (Å²) < 4.78 is 17.0. The molecule has 82 heavy (non-hydrogen) atoms. The molecule has 6 heteroatoms. The second-order valence-corrected chi connectivity index (χ2v) is 24.1. The Bertz CT molecular complexity index is 1500. The summed E-state index contributed by atoms with van der Waals surface area (Å²) in [6, 6.07) is 0. The minimum Gasteiger partial charge on any atom is -0.462 e. The number of carbonyl (C=O) groups is 3. The van der Waals surface area contributed by atoms with Crippen molar-refractivity contribution in [2.24, 2.45) is 0 Å². The normalized spacial score (nSPS) is 12.5. The highest BCUT2D eigenvalue weighted by atomic mass is 16.6. The van der Waals surface area contributed by atoms with Gasteiger partial charge in [-0.05, 0) is 89.9 Å². The van der Waals surface area contributed by atoms with E-state index in [1.807, 2.05) is 0 Å². The summed E-state index contributed by atoms with van der Waals surface area (Å²) >= 11 is 0. The van der Waals surface area contributed by atoms with Crippen LogP contribution < -0.4 is 0 Å². The first-order valence-electron chi connectivity index (χ1n) is 35.9. The average Bonchev–Trinajstić information content (AvgIpc) is 3.47. The van der Waals surface area contributed by atoms with Crippen molar-refractivity contribution in [2.75, 3.05) is 13.2 Å². The van der Waals surface area contributed by atoms with E-state index in [9.17, 15) is 14.4 Å². The van der Waals surface area contributed by atoms with Crippen molar-refractivity contribution in [2.45, 2.75) is 380 Å². The van der Waals surface area contributed by atoms with Gasteiger partial charge < -0.3 is 14.2 Å². The van der Waals surface area contributed by atoms with E-state index in [4.69, 9.17) is 14.2 Å². The number of hydrogen-bond donors (Lipinski definition) is 0. The summed E-state index contributed by atoms with van der Waals surface area (Å²) in [4.78, 5) is 38.5. The first kappa shape index (κ1) is 78.8. The van der Waals surface area contributed by atoms with E-state index in [-0.39, 0.29) is 31.1 Å². The van der Waals surface area contributed by atoms with Gasteiger partial charge in [-0.25, -0.2) is 0 Å². The molecule has 0 aromatic heterocycles. The van der Waals surface area contributed by atoms with Gasteiger partial charge in [-0.3, -0.25) is 14.4 Å². The van der Waals surface area contributed by atoms with Crippen LogP contribution in [0.1, 0.15) is 374 Å². The van der Waals surface area contributed by atoms with Crippen molar-refractivity contribution in [3.63, 3.8) is 0 Å². The van der Waals surface area contributed by atoms with Crippen molar-refractivity contribution >= 4 is 17.9 Å². The van der Waals surface area contributed by atoms with Gasteiger partial charge in [-0.1, -0.05) is 338 Å². The van der Waals surface area contributed by atoms with Crippen molar-refractivity contribution in [3.8, 4) is 0 Å². The van der Waals surface area contributed by atoms with Crippen LogP contribution in [-0.2, 0) is 28.6 Å². The van der Waals surface area contributed by atoms with Gasteiger partial charge in [-0.15, -0.1) is 0 Å². The lowest BCUT2D eigenvalue weighted by molar-refractivity contribution is -0.167. The van der Waals surface area contributed by atoms with Crippen molar-refractivity contribution in [1.29, 1.82) is 0 Å². The van der Waals surface area contributed by atoms with E-state index in [2.05, 4.69) is 93.7 Å². The maximum atomic E-state index is 13.0. The molecule has 6 nitrogen and oxygen atoms in total. The van der Waals surface area contributed by atoms with Crippen LogP contribution in [-0.4, -0.2) is 37.2 Å². The minimum atomic E-state index is -0.777. The molecular weight excluding hydrogens is 1010 g/mol. The predicted octanol–water partition coefficient (Wildman–Crippen LogP) is 24.8. The van der Waals surface area contributed by atoms with Gasteiger partial charge in [-0.2, -0.15) is 0 Å². The van der Waals surface area contributed by atoms with Gasteiger partial charge in [0.1, 0.15) is 13.2 Å². The molecule has 0 aliphatic rings. The number of allylic oxidation sites excluding steroid dienone is 12. The molecular formula is C76H136O6. The minimum absolute atomic E-state index is 0.0719. The second-order valence-electron chi connectivity index (χ2n) is 24.1. The van der Waals surface area contributed by atoms with Gasteiger partial charge in [0.2, 0.25) is 0 Å². The topological polar surface area (TPSA) is 78.9 Å². The van der Waals surface area contributed by atoms with Crippen LogP contribution in [0.3, 0.4) is 0 Å². The predicted molar refractivity (Wildman–Crippen MR) is 358 cm³/mol. The third kappa shape index (κ3) is 67.6. The van der Waals surface area contributed by atoms with E-state index in [0.29, 0.717) is 19.3 Å². The van der Waals surface area contributed by atoms with Crippen LogP contribution in [0, 0.1) is 0 Å². The summed E-state index contributed by atoms with van der Waals surface area (Å²) in [5.41, 5.74) is 0. The zero-order valence-corrected chi connectivity index (χ0v) is 54.8. The Morgan fingerprint density at radius 3 is 0.756 bits per heavy atom. The highest BCUT2D eigenvalue weighted by molar-refractivity contribution is 5.71. The molecule has 0 bridgehead atoms. The lowest BCUT2D eigenvalue weighted by atomic mass is 10.0. The van der Waals surface area contributed by atoms with Crippen molar-refractivity contribution in [3.05, 3.63) is 72.9 Å². The molecule has 1 atom stereocenters. The first-order valence-corrected chi connectivity index (χ1v) is 35.9. The Kier molecular flexibility index (Phi) is 67.6. The Morgan fingerprint density at radius 2 is 0.476 bits per heavy atom. The Hall–Kier alpha value is -3.15. The fraction of sp³-hybridized carbons (Fsp3) is 0.803. The van der Waals surface area contributed by atoms with Crippen LogP contribution in [0.15, 0.2) is 72.9 Å². The third-order valence-electron chi connectivity index (χ3n) is 15.9. The van der Waals surface area contributed by atoms with Crippen molar-refractivity contribution < 1.29 is 28.6 Å². The summed E-state index contributed by atoms with van der Waals surface area (Å²) in [5, 5.41) is 0. The summed E-state index contributed by atoms with van der Waals surface area (Å²) in [6.45, 7) is 6.59. The molecule has 476 valence electrons. The molecule has 0 radical (unpaired) electrons. The first-order chi connectivity index (χ1) is 40.5. The fourth-order valence-corrected chi connectivity index (χ4v) is 10.6. The second kappa shape index (κ2) is 70.3. The quantitative estimate of drug-likeness (QED) is 0.0261. The number of unbranched alkanes of at least 4 members (excludes halogenated alkanes) is 43. The molecule has 0 spiro atoms. The lowest BCUT2D eigenvalue weighted by Gasteiger charge is -2.18. The molecule has 1 unspecified atom stereocenters. The highest BCUT2D eigenvalue weighted by Gasteiger charge is 2.19. The molecule has 0 heterocycles. The van der Waals surface area contributed by atoms with E-state index < -0.39 is 6.10 Å². The SMILES string of the molecule is CC/C=C\C/C=C\C/C=C\C/C=C\C/C=C\CCCCCCCCCCCCCC(=O)OCC(COC(=O)CCCCCCCCCCCCCCCCCCCC)OC(=O)CCCCCCCCCCC/C=C\CCCCCCCC. The van der Waals surface area contributed by atoms with E-state index in [0.717, 1.165) is 89.9 Å². The number of hydrogen-bond acceptors (Lipinski definition) is 6. The summed E-state index contributed by atoms with van der Waals surface area (Å²) in [7, 11) is 0. The van der Waals surface area contributed by atoms with Gasteiger partial charge in [0.25, 0.3) is 0 Å². The molecule has 0 aromatic carbocycles. The van der Waals surface area contributed by atoms with E-state index >= 15 is 0 Å². The molecule has 0 fully saturated rings. The molecule has 0 saturated heterocycles. The monoisotopic (exact) mass is 1150 g/mol. The van der Waals surface area contributed by atoms with Crippen LogP contribution in [0.4, 0.5) is 0 Å². The third-order valence-corrected chi connectivity index (χ3v) is 15.9. The van der Waals surface area contributed by atoms with Gasteiger partial charge in [0.15, 0.2) is 6.10 Å². The fourth-order valence-electron chi connectivity index (χ4n) is 10.6. The molecule has 0 N–H and O–H groups in total. The molecule has 0 aromatic rings. The van der Waals surface area contributed by atoms with Crippen LogP contribution in [0.25, 0.3) is 0 Å². The molecule has 0 rings (SSSR count). The van der Waals surface area contributed by atoms with E-state index in [1.165, 1.54) is 244 Å². The number of rotatable bonds is 66. The van der Waals surface area contributed by atoms with Gasteiger partial charge >= 0.3 is 17.9 Å². The number of carbonyl (C=O) groups excluding carboxylic acids is 3. The maximum absolute atomic E-state index is 13.0. The Labute approximate surface area is 510 Å². The maximum Gasteiger partial charge on any atom is 0.306 e.